The third-order valence-corrected chi connectivity index (χ3v) is 1.73. The van der Waals surface area contributed by atoms with Crippen molar-refractivity contribution in [2.75, 3.05) is 7.05 Å². The van der Waals surface area contributed by atoms with E-state index in [9.17, 15) is 5.21 Å². The van der Waals surface area contributed by atoms with Gasteiger partial charge in [0.05, 0.1) is 0 Å². The minimum atomic E-state index is 0.233. The van der Waals surface area contributed by atoms with Crippen LogP contribution in [0.2, 0.25) is 0 Å². The minimum Gasteiger partial charge on any atom is -0.619 e. The molecule has 0 aliphatic carbocycles. The highest BCUT2D eigenvalue weighted by Crippen LogP contribution is 2.06. The largest absolute Gasteiger partial charge is 0.619 e. The Morgan fingerprint density at radius 1 is 1.64 bits per heavy atom. The fourth-order valence-electron chi connectivity index (χ4n) is 0.895. The van der Waals surface area contributed by atoms with Gasteiger partial charge in [0.15, 0.2) is 12.4 Å². The van der Waals surface area contributed by atoms with Gasteiger partial charge in [-0.05, 0) is 20.0 Å². The predicted molar refractivity (Wildman–Crippen MR) is 42.9 cm³/mol. The van der Waals surface area contributed by atoms with Gasteiger partial charge in [0.25, 0.3) is 0 Å². The highest BCUT2D eigenvalue weighted by Gasteiger charge is 2.03. The van der Waals surface area contributed by atoms with Crippen molar-refractivity contribution in [2.24, 2.45) is 0 Å². The molecule has 1 unspecified atom stereocenters. The van der Waals surface area contributed by atoms with Crippen LogP contribution in [0.5, 0.6) is 0 Å². The van der Waals surface area contributed by atoms with Crippen molar-refractivity contribution in [3.05, 3.63) is 35.3 Å². The lowest BCUT2D eigenvalue weighted by atomic mass is 10.1. The molecule has 1 aromatic rings. The molecule has 0 aliphatic rings. The summed E-state index contributed by atoms with van der Waals surface area (Å²) in [4.78, 5) is 0. The number of rotatable bonds is 2. The highest BCUT2D eigenvalue weighted by molar-refractivity contribution is 5.09. The lowest BCUT2D eigenvalue weighted by Gasteiger charge is -2.08. The molecule has 0 radical (unpaired) electrons. The van der Waals surface area contributed by atoms with E-state index in [0.29, 0.717) is 0 Å². The van der Waals surface area contributed by atoms with Crippen LogP contribution in [0.4, 0.5) is 0 Å². The zero-order chi connectivity index (χ0) is 8.27. The van der Waals surface area contributed by atoms with E-state index in [2.05, 4.69) is 5.32 Å². The lowest BCUT2D eigenvalue weighted by molar-refractivity contribution is -0.606. The van der Waals surface area contributed by atoms with Crippen LogP contribution in [0, 0.1) is 5.21 Å². The van der Waals surface area contributed by atoms with Crippen LogP contribution in [0.25, 0.3) is 0 Å². The van der Waals surface area contributed by atoms with Crippen molar-refractivity contribution in [1.82, 2.24) is 5.32 Å². The molecule has 0 saturated heterocycles. The van der Waals surface area contributed by atoms with Crippen molar-refractivity contribution in [3.63, 3.8) is 0 Å². The molecule has 1 atom stereocenters. The van der Waals surface area contributed by atoms with E-state index in [-0.39, 0.29) is 6.04 Å². The molecule has 1 aromatic heterocycles. The van der Waals surface area contributed by atoms with Gasteiger partial charge in [-0.3, -0.25) is 0 Å². The van der Waals surface area contributed by atoms with Crippen LogP contribution < -0.4 is 10.0 Å². The molecule has 0 spiro atoms. The molecular weight excluding hydrogens is 140 g/mol. The van der Waals surface area contributed by atoms with Gasteiger partial charge in [-0.2, -0.15) is 4.73 Å². The van der Waals surface area contributed by atoms with E-state index in [1.54, 1.807) is 12.3 Å². The first-order valence-corrected chi connectivity index (χ1v) is 3.60. The summed E-state index contributed by atoms with van der Waals surface area (Å²) < 4.78 is 0.809. The zero-order valence-corrected chi connectivity index (χ0v) is 6.74. The molecule has 0 aromatic carbocycles. The maximum absolute atomic E-state index is 10.8. The number of pyridine rings is 1. The quantitative estimate of drug-likeness (QED) is 0.498. The van der Waals surface area contributed by atoms with Crippen LogP contribution in [-0.2, 0) is 0 Å². The van der Waals surface area contributed by atoms with E-state index < -0.39 is 0 Å². The van der Waals surface area contributed by atoms with E-state index in [0.717, 1.165) is 10.3 Å². The molecule has 3 nitrogen and oxygen atoms in total. The van der Waals surface area contributed by atoms with Gasteiger partial charge in [0.2, 0.25) is 0 Å². The van der Waals surface area contributed by atoms with Gasteiger partial charge in [-0.25, -0.2) is 0 Å². The molecule has 1 heterocycles. The maximum Gasteiger partial charge on any atom is 0.185 e. The SMILES string of the molecule is CNC(C)c1ccc[n+]([O-])c1. The Morgan fingerprint density at radius 2 is 2.36 bits per heavy atom. The molecule has 1 rings (SSSR count). The second kappa shape index (κ2) is 3.34. The van der Waals surface area contributed by atoms with E-state index in [1.165, 1.54) is 6.20 Å². The van der Waals surface area contributed by atoms with Crippen LogP contribution in [0.15, 0.2) is 24.5 Å². The van der Waals surface area contributed by atoms with Gasteiger partial charge in [0, 0.05) is 17.7 Å². The molecule has 0 fully saturated rings. The second-order valence-electron chi connectivity index (χ2n) is 2.51. The minimum absolute atomic E-state index is 0.233. The number of nitrogens with one attached hydrogen (secondary N) is 1. The average Bonchev–Trinajstić information content (AvgIpc) is 2.03. The number of nitrogens with zero attached hydrogens (tertiary/aromatic N) is 1. The number of hydrogen-bond acceptors (Lipinski definition) is 2. The monoisotopic (exact) mass is 152 g/mol. The van der Waals surface area contributed by atoms with Gasteiger partial charge in [-0.15, -0.1) is 0 Å². The summed E-state index contributed by atoms with van der Waals surface area (Å²) in [6.45, 7) is 2.01. The normalized spacial score (nSPS) is 12.9. The summed E-state index contributed by atoms with van der Waals surface area (Å²) in [6.07, 6.45) is 3.05. The Kier molecular flexibility index (Phi) is 2.44. The summed E-state index contributed by atoms with van der Waals surface area (Å²) in [5.74, 6) is 0. The summed E-state index contributed by atoms with van der Waals surface area (Å²) in [5.41, 5.74) is 1.00. The van der Waals surface area contributed by atoms with Crippen molar-refractivity contribution in [2.45, 2.75) is 13.0 Å². The van der Waals surface area contributed by atoms with Crippen LogP contribution in [0.1, 0.15) is 18.5 Å². The van der Waals surface area contributed by atoms with E-state index in [1.807, 2.05) is 20.0 Å². The summed E-state index contributed by atoms with van der Waals surface area (Å²) in [5, 5.41) is 13.9. The van der Waals surface area contributed by atoms with Gasteiger partial charge in [0.1, 0.15) is 0 Å². The fourth-order valence-corrected chi connectivity index (χ4v) is 0.895. The molecule has 0 amide bonds. The van der Waals surface area contributed by atoms with Crippen LogP contribution >= 0.6 is 0 Å². The molecule has 60 valence electrons. The zero-order valence-electron chi connectivity index (χ0n) is 6.74. The average molecular weight is 152 g/mol. The topological polar surface area (TPSA) is 39.0 Å². The summed E-state index contributed by atoms with van der Waals surface area (Å²) in [7, 11) is 1.87. The molecule has 0 bridgehead atoms. The number of aromatic nitrogens is 1. The Labute approximate surface area is 66.3 Å². The Hall–Kier alpha value is -1.09. The molecular formula is C8H12N2O. The van der Waals surface area contributed by atoms with E-state index >= 15 is 0 Å². The third kappa shape index (κ3) is 1.91. The first-order chi connectivity index (χ1) is 5.24. The van der Waals surface area contributed by atoms with Crippen LogP contribution in [0.3, 0.4) is 0 Å². The van der Waals surface area contributed by atoms with Crippen molar-refractivity contribution < 1.29 is 4.73 Å². The van der Waals surface area contributed by atoms with Crippen molar-refractivity contribution in [3.8, 4) is 0 Å². The highest BCUT2D eigenvalue weighted by atomic mass is 16.5. The van der Waals surface area contributed by atoms with Gasteiger partial charge in [-0.1, -0.05) is 0 Å². The van der Waals surface area contributed by atoms with Gasteiger partial charge >= 0.3 is 0 Å². The molecule has 0 saturated carbocycles. The first-order valence-electron chi connectivity index (χ1n) is 3.60. The smallest absolute Gasteiger partial charge is 0.185 e. The van der Waals surface area contributed by atoms with Crippen molar-refractivity contribution in [1.29, 1.82) is 0 Å². The summed E-state index contributed by atoms with van der Waals surface area (Å²) >= 11 is 0. The van der Waals surface area contributed by atoms with Gasteiger partial charge < -0.3 is 10.5 Å². The Bertz CT molecular complexity index is 237. The number of hydrogen-bond donors (Lipinski definition) is 1. The third-order valence-electron chi connectivity index (χ3n) is 1.73. The second-order valence-corrected chi connectivity index (χ2v) is 2.51. The van der Waals surface area contributed by atoms with Crippen molar-refractivity contribution >= 4 is 0 Å². The molecule has 3 heteroatoms. The Morgan fingerprint density at radius 3 is 2.91 bits per heavy atom. The summed E-state index contributed by atoms with van der Waals surface area (Å²) in [6, 6.07) is 3.91. The fraction of sp³-hybridized carbons (Fsp3) is 0.375. The molecule has 1 N–H and O–H groups in total. The standard InChI is InChI=1S/C8H12N2O/c1-7(9-2)8-4-3-5-10(11)6-8/h3-7,9H,1-2H3. The van der Waals surface area contributed by atoms with Crippen LogP contribution in [-0.4, -0.2) is 7.05 Å². The Balaban J connectivity index is 2.86. The first kappa shape index (κ1) is 8.01. The molecule has 0 aliphatic heterocycles. The van der Waals surface area contributed by atoms with E-state index in [4.69, 9.17) is 0 Å². The lowest BCUT2D eigenvalue weighted by Crippen LogP contribution is -2.26. The maximum atomic E-state index is 10.8. The molecule has 11 heavy (non-hydrogen) atoms. The predicted octanol–water partition coefficient (Wildman–Crippen LogP) is 0.600.